The van der Waals surface area contributed by atoms with Crippen LogP contribution in [0.3, 0.4) is 0 Å². The first-order valence-electron chi connectivity index (χ1n) is 9.43. The number of carbonyl (C=O) groups is 2. The fraction of sp³-hybridized carbons (Fsp3) is 0.217. The molecule has 6 heteroatoms. The van der Waals surface area contributed by atoms with E-state index in [0.717, 1.165) is 10.9 Å². The number of nitrogens with one attached hydrogen (secondary N) is 2. The molecule has 3 aromatic rings. The first-order valence-corrected chi connectivity index (χ1v) is 9.80. The summed E-state index contributed by atoms with van der Waals surface area (Å²) in [6.07, 6.45) is 0. The van der Waals surface area contributed by atoms with E-state index in [2.05, 4.69) is 34.9 Å². The van der Waals surface area contributed by atoms with E-state index in [-0.39, 0.29) is 30.9 Å². The van der Waals surface area contributed by atoms with Gasteiger partial charge in [-0.15, -0.1) is 0 Å². The summed E-state index contributed by atoms with van der Waals surface area (Å²) in [5.41, 5.74) is 1.71. The van der Waals surface area contributed by atoms with Gasteiger partial charge in [0.25, 0.3) is 0 Å². The largest absolute Gasteiger partial charge is 0.348 e. The van der Waals surface area contributed by atoms with E-state index in [1.807, 2.05) is 25.1 Å². The topological polar surface area (TPSA) is 61.4 Å². The molecular formula is C23H24ClN3O2. The first-order chi connectivity index (χ1) is 13.9. The lowest BCUT2D eigenvalue weighted by atomic mass is 10.0. The van der Waals surface area contributed by atoms with Crippen molar-refractivity contribution in [3.8, 4) is 0 Å². The fourth-order valence-corrected chi connectivity index (χ4v) is 3.25. The predicted octanol–water partition coefficient (Wildman–Crippen LogP) is 4.24. The highest BCUT2D eigenvalue weighted by Gasteiger charge is 2.14. The van der Waals surface area contributed by atoms with Gasteiger partial charge in [-0.3, -0.25) is 14.5 Å². The van der Waals surface area contributed by atoms with Gasteiger partial charge >= 0.3 is 0 Å². The minimum absolute atomic E-state index is 0.112. The molecule has 2 amide bonds. The van der Waals surface area contributed by atoms with Crippen LogP contribution >= 0.6 is 11.6 Å². The van der Waals surface area contributed by atoms with Crippen LogP contribution in [0.15, 0.2) is 66.7 Å². The molecule has 29 heavy (non-hydrogen) atoms. The van der Waals surface area contributed by atoms with Crippen LogP contribution in [0.25, 0.3) is 10.8 Å². The molecule has 0 aliphatic heterocycles. The highest BCUT2D eigenvalue weighted by atomic mass is 35.5. The summed E-state index contributed by atoms with van der Waals surface area (Å²) in [5.74, 6) is -0.322. The fourth-order valence-electron chi connectivity index (χ4n) is 3.13. The highest BCUT2D eigenvalue weighted by molar-refractivity contribution is 6.30. The Morgan fingerprint density at radius 1 is 0.931 bits per heavy atom. The van der Waals surface area contributed by atoms with Gasteiger partial charge in [-0.25, -0.2) is 0 Å². The number of carbonyl (C=O) groups excluding carboxylic acids is 2. The molecule has 3 rings (SSSR count). The van der Waals surface area contributed by atoms with Crippen LogP contribution in [0.2, 0.25) is 5.02 Å². The summed E-state index contributed by atoms with van der Waals surface area (Å²) in [5, 5.41) is 8.70. The van der Waals surface area contributed by atoms with E-state index in [9.17, 15) is 9.59 Å². The SMILES string of the molecule is C[C@@H](NC(=O)CN(C)CC(=O)Nc1ccc(Cl)cc1)c1ccc2ccccc2c1. The van der Waals surface area contributed by atoms with Crippen LogP contribution in [0, 0.1) is 0 Å². The Labute approximate surface area is 175 Å². The lowest BCUT2D eigenvalue weighted by Gasteiger charge is -2.19. The molecule has 2 N–H and O–H groups in total. The average molecular weight is 410 g/mol. The molecule has 0 unspecified atom stereocenters. The summed E-state index contributed by atoms with van der Waals surface area (Å²) in [6, 6.07) is 21.1. The number of hydrogen-bond acceptors (Lipinski definition) is 3. The number of hydrogen-bond donors (Lipinski definition) is 2. The van der Waals surface area contributed by atoms with Crippen molar-refractivity contribution in [3.05, 3.63) is 77.3 Å². The van der Waals surface area contributed by atoms with E-state index in [1.54, 1.807) is 36.2 Å². The second kappa shape index (κ2) is 9.54. The first kappa shape index (κ1) is 20.8. The number of fused-ring (bicyclic) bond motifs is 1. The molecule has 150 valence electrons. The molecule has 3 aromatic carbocycles. The van der Waals surface area contributed by atoms with Crippen LogP contribution < -0.4 is 10.6 Å². The summed E-state index contributed by atoms with van der Waals surface area (Å²) in [6.45, 7) is 2.20. The molecule has 0 aromatic heterocycles. The molecule has 0 saturated carbocycles. The Morgan fingerprint density at radius 3 is 2.31 bits per heavy atom. The third-order valence-electron chi connectivity index (χ3n) is 4.61. The minimum atomic E-state index is -0.190. The van der Waals surface area contributed by atoms with Crippen molar-refractivity contribution in [2.45, 2.75) is 13.0 Å². The number of halogens is 1. The maximum absolute atomic E-state index is 12.4. The Balaban J connectivity index is 1.49. The van der Waals surface area contributed by atoms with Crippen LogP contribution in [-0.4, -0.2) is 36.9 Å². The van der Waals surface area contributed by atoms with Gasteiger partial charge < -0.3 is 10.6 Å². The second-order valence-electron chi connectivity index (χ2n) is 7.12. The van der Waals surface area contributed by atoms with Gasteiger partial charge in [-0.1, -0.05) is 48.0 Å². The van der Waals surface area contributed by atoms with Crippen LogP contribution in [0.5, 0.6) is 0 Å². The number of likely N-dealkylation sites (N-methyl/N-ethyl adjacent to an activating group) is 1. The maximum Gasteiger partial charge on any atom is 0.238 e. The zero-order valence-corrected chi connectivity index (χ0v) is 17.2. The van der Waals surface area contributed by atoms with Crippen LogP contribution in [-0.2, 0) is 9.59 Å². The minimum Gasteiger partial charge on any atom is -0.348 e. The molecule has 0 bridgehead atoms. The molecule has 0 aliphatic rings. The van der Waals surface area contributed by atoms with Crippen molar-refractivity contribution in [2.24, 2.45) is 0 Å². The molecule has 0 radical (unpaired) electrons. The van der Waals surface area contributed by atoms with E-state index < -0.39 is 0 Å². The number of benzene rings is 3. The van der Waals surface area contributed by atoms with E-state index in [1.165, 1.54) is 5.39 Å². The zero-order valence-electron chi connectivity index (χ0n) is 16.5. The van der Waals surface area contributed by atoms with Crippen molar-refractivity contribution in [3.63, 3.8) is 0 Å². The average Bonchev–Trinajstić information content (AvgIpc) is 2.69. The third kappa shape index (κ3) is 6.04. The van der Waals surface area contributed by atoms with E-state index in [0.29, 0.717) is 10.7 Å². The Kier molecular flexibility index (Phi) is 6.86. The lowest BCUT2D eigenvalue weighted by molar-refractivity contribution is -0.123. The van der Waals surface area contributed by atoms with Gasteiger partial charge in [0.1, 0.15) is 0 Å². The predicted molar refractivity (Wildman–Crippen MR) is 118 cm³/mol. The Morgan fingerprint density at radius 2 is 1.59 bits per heavy atom. The number of nitrogens with zero attached hydrogens (tertiary/aromatic N) is 1. The molecular weight excluding hydrogens is 386 g/mol. The lowest BCUT2D eigenvalue weighted by Crippen LogP contribution is -2.39. The second-order valence-corrected chi connectivity index (χ2v) is 7.56. The number of amides is 2. The summed E-state index contributed by atoms with van der Waals surface area (Å²) in [4.78, 5) is 26.2. The quantitative estimate of drug-likeness (QED) is 0.613. The summed E-state index contributed by atoms with van der Waals surface area (Å²) < 4.78 is 0. The normalized spacial score (nSPS) is 12.0. The van der Waals surface area contributed by atoms with Gasteiger partial charge in [-0.05, 0) is 60.6 Å². The van der Waals surface area contributed by atoms with Gasteiger partial charge in [-0.2, -0.15) is 0 Å². The monoisotopic (exact) mass is 409 g/mol. The van der Waals surface area contributed by atoms with E-state index in [4.69, 9.17) is 11.6 Å². The maximum atomic E-state index is 12.4. The van der Waals surface area contributed by atoms with Gasteiger partial charge in [0.2, 0.25) is 11.8 Å². The van der Waals surface area contributed by atoms with Crippen LogP contribution in [0.4, 0.5) is 5.69 Å². The van der Waals surface area contributed by atoms with Crippen molar-refractivity contribution < 1.29 is 9.59 Å². The molecule has 0 fully saturated rings. The molecule has 1 atom stereocenters. The van der Waals surface area contributed by atoms with Gasteiger partial charge in [0.05, 0.1) is 19.1 Å². The van der Waals surface area contributed by atoms with Gasteiger partial charge in [0, 0.05) is 10.7 Å². The molecule has 0 saturated heterocycles. The Hall–Kier alpha value is -2.89. The van der Waals surface area contributed by atoms with Crippen molar-refractivity contribution >= 4 is 39.9 Å². The number of rotatable bonds is 7. The van der Waals surface area contributed by atoms with Gasteiger partial charge in [0.15, 0.2) is 0 Å². The molecule has 0 spiro atoms. The van der Waals surface area contributed by atoms with Crippen molar-refractivity contribution in [2.75, 3.05) is 25.5 Å². The van der Waals surface area contributed by atoms with Crippen molar-refractivity contribution in [1.29, 1.82) is 0 Å². The standard InChI is InChI=1S/C23H24ClN3O2/c1-16(18-8-7-17-5-3-4-6-19(17)13-18)25-22(28)14-27(2)15-23(29)26-21-11-9-20(24)10-12-21/h3-13,16H,14-15H2,1-2H3,(H,25,28)(H,26,29)/t16-/m1/s1. The molecule has 0 aliphatic carbocycles. The summed E-state index contributed by atoms with van der Waals surface area (Å²) in [7, 11) is 1.74. The smallest absolute Gasteiger partial charge is 0.238 e. The molecule has 5 nitrogen and oxygen atoms in total. The molecule has 0 heterocycles. The number of anilines is 1. The third-order valence-corrected chi connectivity index (χ3v) is 4.86. The zero-order chi connectivity index (χ0) is 20.8. The Bertz CT molecular complexity index is 1000. The van der Waals surface area contributed by atoms with Crippen LogP contribution in [0.1, 0.15) is 18.5 Å². The van der Waals surface area contributed by atoms with Crippen molar-refractivity contribution in [1.82, 2.24) is 10.2 Å². The van der Waals surface area contributed by atoms with E-state index >= 15 is 0 Å². The highest BCUT2D eigenvalue weighted by Crippen LogP contribution is 2.20. The summed E-state index contributed by atoms with van der Waals surface area (Å²) >= 11 is 5.84.